The number of anilines is 1. The van der Waals surface area contributed by atoms with E-state index >= 15 is 0 Å². The Kier molecular flexibility index (Phi) is 6.98. The smallest absolute Gasteiger partial charge is 0.338 e. The summed E-state index contributed by atoms with van der Waals surface area (Å²) in [5.74, 6) is 0.209. The fourth-order valence-electron chi connectivity index (χ4n) is 3.82. The molecule has 1 N–H and O–H groups in total. The highest BCUT2D eigenvalue weighted by Crippen LogP contribution is 2.35. The van der Waals surface area contributed by atoms with Gasteiger partial charge < -0.3 is 10.1 Å². The van der Waals surface area contributed by atoms with Crippen molar-refractivity contribution in [2.75, 3.05) is 25.3 Å². The van der Waals surface area contributed by atoms with Gasteiger partial charge in [-0.1, -0.05) is 24.3 Å². The number of ether oxygens (including phenoxy) is 1. The lowest BCUT2D eigenvalue weighted by Crippen LogP contribution is -2.48. The zero-order valence-electron chi connectivity index (χ0n) is 20.3. The van der Waals surface area contributed by atoms with Crippen LogP contribution in [0, 0.1) is 0 Å². The summed E-state index contributed by atoms with van der Waals surface area (Å²) in [7, 11) is -4.73. The lowest BCUT2D eigenvalue weighted by molar-refractivity contribution is 0.0950. The first-order valence-electron chi connectivity index (χ1n) is 11.1. The fourth-order valence-corrected chi connectivity index (χ4v) is 6.08. The molecule has 0 fully saturated rings. The number of rotatable bonds is 7. The van der Waals surface area contributed by atoms with Crippen molar-refractivity contribution >= 4 is 37.5 Å². The Morgan fingerprint density at radius 1 is 0.973 bits per heavy atom. The van der Waals surface area contributed by atoms with Gasteiger partial charge >= 0.3 is 6.03 Å². The standard InChI is InChI=1S/C25H25N3O7S2/c1-27-22-13-8-19(24(29)26-15-17-4-9-20(35-2)10-5-17)14-23(22)37(33,34)28(25(27)30)16-18-6-11-21(12-7-18)36(3,31)32/h4-14H,15-16H2,1-3H3,(H,26,29). The van der Waals surface area contributed by atoms with Crippen molar-refractivity contribution in [1.29, 1.82) is 0 Å². The number of hydrogen-bond donors (Lipinski definition) is 1. The van der Waals surface area contributed by atoms with E-state index in [-0.39, 0.29) is 34.1 Å². The molecule has 0 saturated heterocycles. The molecule has 10 nitrogen and oxygen atoms in total. The molecule has 194 valence electrons. The summed E-state index contributed by atoms with van der Waals surface area (Å²) >= 11 is 0. The van der Waals surface area contributed by atoms with Gasteiger partial charge in [-0.3, -0.25) is 9.69 Å². The van der Waals surface area contributed by atoms with E-state index in [2.05, 4.69) is 5.32 Å². The molecular weight excluding hydrogens is 518 g/mol. The van der Waals surface area contributed by atoms with Gasteiger partial charge in [-0.15, -0.1) is 0 Å². The van der Waals surface area contributed by atoms with E-state index in [1.165, 1.54) is 54.4 Å². The second-order valence-corrected chi connectivity index (χ2v) is 12.3. The molecule has 3 aromatic carbocycles. The highest BCUT2D eigenvalue weighted by molar-refractivity contribution is 7.90. The highest BCUT2D eigenvalue weighted by atomic mass is 32.2. The van der Waals surface area contributed by atoms with E-state index in [0.29, 0.717) is 15.6 Å². The minimum atomic E-state index is -4.30. The number of benzene rings is 3. The number of nitrogens with zero attached hydrogens (tertiary/aromatic N) is 2. The van der Waals surface area contributed by atoms with E-state index in [4.69, 9.17) is 4.74 Å². The predicted molar refractivity (Wildman–Crippen MR) is 137 cm³/mol. The maximum Gasteiger partial charge on any atom is 0.338 e. The van der Waals surface area contributed by atoms with Crippen molar-refractivity contribution in [2.45, 2.75) is 22.9 Å². The van der Waals surface area contributed by atoms with Gasteiger partial charge in [0, 0.05) is 25.4 Å². The molecular formula is C25H25N3O7S2. The molecule has 1 heterocycles. The average molecular weight is 544 g/mol. The number of methoxy groups -OCH3 is 1. The first-order valence-corrected chi connectivity index (χ1v) is 14.4. The van der Waals surface area contributed by atoms with Crippen molar-refractivity contribution in [1.82, 2.24) is 9.62 Å². The van der Waals surface area contributed by atoms with Crippen LogP contribution in [-0.2, 0) is 33.0 Å². The lowest BCUT2D eigenvalue weighted by atomic mass is 10.1. The number of fused-ring (bicyclic) bond motifs is 1. The van der Waals surface area contributed by atoms with Gasteiger partial charge in [-0.25, -0.2) is 25.9 Å². The second-order valence-electron chi connectivity index (χ2n) is 8.48. The molecule has 37 heavy (non-hydrogen) atoms. The van der Waals surface area contributed by atoms with Crippen LogP contribution in [0.25, 0.3) is 0 Å². The molecule has 0 aromatic heterocycles. The van der Waals surface area contributed by atoms with E-state index in [0.717, 1.165) is 11.8 Å². The minimum absolute atomic E-state index is 0.0804. The molecule has 0 radical (unpaired) electrons. The topological polar surface area (TPSA) is 130 Å². The average Bonchev–Trinajstić information content (AvgIpc) is 2.88. The maximum atomic E-state index is 13.4. The van der Waals surface area contributed by atoms with Crippen LogP contribution in [0.3, 0.4) is 0 Å². The first kappa shape index (κ1) is 26.2. The van der Waals surface area contributed by atoms with E-state index in [1.54, 1.807) is 31.4 Å². The van der Waals surface area contributed by atoms with E-state index in [9.17, 15) is 26.4 Å². The normalized spacial score (nSPS) is 14.7. The number of sulfone groups is 1. The number of amides is 3. The van der Waals surface area contributed by atoms with Gasteiger partial charge in [-0.05, 0) is 53.6 Å². The Hall–Kier alpha value is -3.90. The monoisotopic (exact) mass is 543 g/mol. The summed E-state index contributed by atoms with van der Waals surface area (Å²) in [4.78, 5) is 26.8. The maximum absolute atomic E-state index is 13.4. The summed E-state index contributed by atoms with van der Waals surface area (Å²) in [5.41, 5.74) is 1.53. The van der Waals surface area contributed by atoms with Gasteiger partial charge in [0.2, 0.25) is 0 Å². The summed E-state index contributed by atoms with van der Waals surface area (Å²) in [5, 5.41) is 2.76. The molecule has 1 aliphatic rings. The molecule has 1 aliphatic heterocycles. The van der Waals surface area contributed by atoms with Crippen LogP contribution in [0.4, 0.5) is 10.5 Å². The van der Waals surface area contributed by atoms with Gasteiger partial charge in [0.25, 0.3) is 15.9 Å². The van der Waals surface area contributed by atoms with E-state index in [1.807, 2.05) is 0 Å². The summed E-state index contributed by atoms with van der Waals surface area (Å²) < 4.78 is 56.1. The zero-order chi connectivity index (χ0) is 27.0. The highest BCUT2D eigenvalue weighted by Gasteiger charge is 2.40. The molecule has 4 rings (SSSR count). The third kappa shape index (κ3) is 5.30. The molecule has 0 unspecified atom stereocenters. The molecule has 3 aromatic rings. The third-order valence-electron chi connectivity index (χ3n) is 5.94. The number of urea groups is 1. The number of carbonyl (C=O) groups is 2. The Balaban J connectivity index is 1.58. The van der Waals surface area contributed by atoms with Crippen LogP contribution < -0.4 is 15.0 Å². The van der Waals surface area contributed by atoms with Crippen molar-refractivity contribution in [3.05, 3.63) is 83.4 Å². The molecule has 12 heteroatoms. The minimum Gasteiger partial charge on any atom is -0.497 e. The van der Waals surface area contributed by atoms with Crippen LogP contribution in [0.5, 0.6) is 5.75 Å². The predicted octanol–water partition coefficient (Wildman–Crippen LogP) is 2.79. The van der Waals surface area contributed by atoms with Crippen LogP contribution in [0.15, 0.2) is 76.5 Å². The Morgan fingerprint density at radius 3 is 2.19 bits per heavy atom. The molecule has 0 aliphatic carbocycles. The Labute approximate surface area is 215 Å². The number of hydrogen-bond acceptors (Lipinski definition) is 7. The number of sulfonamides is 1. The van der Waals surface area contributed by atoms with Gasteiger partial charge in [0.1, 0.15) is 10.6 Å². The summed E-state index contributed by atoms with van der Waals surface area (Å²) in [6.07, 6.45) is 1.07. The van der Waals surface area contributed by atoms with Crippen LogP contribution in [-0.4, -0.2) is 53.5 Å². The number of nitrogens with one attached hydrogen (secondary N) is 1. The fraction of sp³-hybridized carbons (Fsp3) is 0.200. The third-order valence-corrected chi connectivity index (χ3v) is 8.82. The van der Waals surface area contributed by atoms with Gasteiger partial charge in [-0.2, -0.15) is 0 Å². The van der Waals surface area contributed by atoms with Crippen LogP contribution in [0.1, 0.15) is 21.5 Å². The van der Waals surface area contributed by atoms with Gasteiger partial charge in [0.15, 0.2) is 9.84 Å². The van der Waals surface area contributed by atoms with Crippen LogP contribution in [0.2, 0.25) is 0 Å². The molecule has 0 atom stereocenters. The quantitative estimate of drug-likeness (QED) is 0.485. The Morgan fingerprint density at radius 2 is 1.59 bits per heavy atom. The van der Waals surface area contributed by atoms with Gasteiger partial charge in [0.05, 0.1) is 24.2 Å². The summed E-state index contributed by atoms with van der Waals surface area (Å²) in [6.45, 7) is -0.0798. The van der Waals surface area contributed by atoms with E-state index < -0.39 is 31.8 Å². The lowest BCUT2D eigenvalue weighted by Gasteiger charge is -2.34. The molecule has 0 bridgehead atoms. The molecule has 0 saturated carbocycles. The van der Waals surface area contributed by atoms with Crippen molar-refractivity contribution < 1.29 is 31.2 Å². The largest absolute Gasteiger partial charge is 0.497 e. The Bertz CT molecular complexity index is 1570. The molecule has 0 spiro atoms. The SMILES string of the molecule is COc1ccc(CNC(=O)c2ccc3c(c2)S(=O)(=O)N(Cc2ccc(S(C)(=O)=O)cc2)C(=O)N3C)cc1. The first-order chi connectivity index (χ1) is 17.4. The van der Waals surface area contributed by atoms with Crippen molar-refractivity contribution in [3.8, 4) is 5.75 Å². The summed E-state index contributed by atoms with van der Waals surface area (Å²) in [6, 6.07) is 16.1. The molecule has 3 amide bonds. The van der Waals surface area contributed by atoms with Crippen molar-refractivity contribution in [2.24, 2.45) is 0 Å². The number of carbonyl (C=O) groups excluding carboxylic acids is 2. The van der Waals surface area contributed by atoms with Crippen molar-refractivity contribution in [3.63, 3.8) is 0 Å². The second kappa shape index (κ2) is 9.87. The van der Waals surface area contributed by atoms with Crippen LogP contribution >= 0.6 is 0 Å². The zero-order valence-corrected chi connectivity index (χ0v) is 22.0.